The van der Waals surface area contributed by atoms with Crippen LogP contribution >= 0.6 is 0 Å². The van der Waals surface area contributed by atoms with E-state index in [1.165, 1.54) is 25.7 Å². The topological polar surface area (TPSA) is 49.3 Å². The van der Waals surface area contributed by atoms with Gasteiger partial charge in [0.25, 0.3) is 0 Å². The average molecular weight is 261 g/mol. The Kier molecular flexibility index (Phi) is 4.59. The average Bonchev–Trinajstić information content (AvgIpc) is 2.41. The Balaban J connectivity index is 2.03. The van der Waals surface area contributed by atoms with Crippen molar-refractivity contribution in [3.63, 3.8) is 0 Å². The fraction of sp³-hybridized carbons (Fsp3) is 0.562. The van der Waals surface area contributed by atoms with E-state index in [9.17, 15) is 9.90 Å². The summed E-state index contributed by atoms with van der Waals surface area (Å²) < 4.78 is 0. The second-order valence-corrected chi connectivity index (χ2v) is 5.74. The maximum Gasteiger partial charge on any atom is 0.336 e. The molecule has 0 heterocycles. The van der Waals surface area contributed by atoms with E-state index in [0.717, 1.165) is 11.5 Å². The van der Waals surface area contributed by atoms with Gasteiger partial charge in [0.2, 0.25) is 0 Å². The zero-order valence-electron chi connectivity index (χ0n) is 11.7. The van der Waals surface area contributed by atoms with Crippen LogP contribution in [0.3, 0.4) is 0 Å². The Morgan fingerprint density at radius 1 is 1.26 bits per heavy atom. The van der Waals surface area contributed by atoms with E-state index in [1.54, 1.807) is 12.1 Å². The van der Waals surface area contributed by atoms with E-state index in [4.69, 9.17) is 0 Å². The molecule has 3 nitrogen and oxygen atoms in total. The molecule has 104 valence electrons. The lowest BCUT2D eigenvalue weighted by Gasteiger charge is -2.30. The van der Waals surface area contributed by atoms with Crippen LogP contribution in [0.25, 0.3) is 0 Å². The Bertz CT molecular complexity index is 436. The van der Waals surface area contributed by atoms with Crippen molar-refractivity contribution in [3.8, 4) is 0 Å². The zero-order valence-corrected chi connectivity index (χ0v) is 11.7. The fourth-order valence-corrected chi connectivity index (χ4v) is 2.94. The molecular formula is C16H23NO2. The first-order valence-corrected chi connectivity index (χ1v) is 7.16. The van der Waals surface area contributed by atoms with E-state index < -0.39 is 5.97 Å². The molecule has 1 fully saturated rings. The number of nitrogens with one attached hydrogen (secondary N) is 1. The van der Waals surface area contributed by atoms with Crippen molar-refractivity contribution in [3.05, 3.63) is 35.4 Å². The molecule has 1 unspecified atom stereocenters. The molecule has 0 radical (unpaired) electrons. The smallest absolute Gasteiger partial charge is 0.336 e. The second-order valence-electron chi connectivity index (χ2n) is 5.74. The lowest BCUT2D eigenvalue weighted by Crippen LogP contribution is -2.35. The second kappa shape index (κ2) is 6.20. The van der Waals surface area contributed by atoms with Gasteiger partial charge in [-0.25, -0.2) is 4.79 Å². The molecule has 2 N–H and O–H groups in total. The molecule has 0 saturated heterocycles. The summed E-state index contributed by atoms with van der Waals surface area (Å²) in [6.45, 7) is 4.36. The van der Waals surface area contributed by atoms with Crippen LogP contribution in [0.15, 0.2) is 24.3 Å². The van der Waals surface area contributed by atoms with Crippen LogP contribution in [0.5, 0.6) is 0 Å². The lowest BCUT2D eigenvalue weighted by atomic mass is 9.86. The number of hydrogen-bond acceptors (Lipinski definition) is 2. The van der Waals surface area contributed by atoms with Gasteiger partial charge in [-0.2, -0.15) is 0 Å². The Morgan fingerprint density at radius 2 is 1.89 bits per heavy atom. The highest BCUT2D eigenvalue weighted by Gasteiger charge is 2.21. The van der Waals surface area contributed by atoms with Crippen molar-refractivity contribution >= 4 is 5.97 Å². The van der Waals surface area contributed by atoms with Gasteiger partial charge < -0.3 is 10.4 Å². The van der Waals surface area contributed by atoms with Gasteiger partial charge in [-0.1, -0.05) is 25.1 Å². The van der Waals surface area contributed by atoms with Gasteiger partial charge in [-0.15, -0.1) is 0 Å². The van der Waals surface area contributed by atoms with E-state index in [1.807, 2.05) is 12.1 Å². The normalized spacial score (nSPS) is 24.9. The summed E-state index contributed by atoms with van der Waals surface area (Å²) >= 11 is 0. The SMILES string of the molecule is CC1CCC(NC(C)c2ccccc2C(=O)O)CC1. The minimum absolute atomic E-state index is 0.0886. The molecule has 0 bridgehead atoms. The lowest BCUT2D eigenvalue weighted by molar-refractivity contribution is 0.0694. The zero-order chi connectivity index (χ0) is 13.8. The highest BCUT2D eigenvalue weighted by atomic mass is 16.4. The predicted molar refractivity (Wildman–Crippen MR) is 76.4 cm³/mol. The van der Waals surface area contributed by atoms with Crippen LogP contribution < -0.4 is 5.32 Å². The third-order valence-electron chi connectivity index (χ3n) is 4.16. The highest BCUT2D eigenvalue weighted by molar-refractivity contribution is 5.89. The quantitative estimate of drug-likeness (QED) is 0.870. The number of carbonyl (C=O) groups is 1. The summed E-state index contributed by atoms with van der Waals surface area (Å²) in [6, 6.07) is 7.88. The minimum Gasteiger partial charge on any atom is -0.478 e. The molecular weight excluding hydrogens is 238 g/mol. The van der Waals surface area contributed by atoms with Crippen molar-refractivity contribution in [1.82, 2.24) is 5.32 Å². The van der Waals surface area contributed by atoms with Crippen LogP contribution in [0.2, 0.25) is 0 Å². The predicted octanol–water partition coefficient (Wildman–Crippen LogP) is 3.61. The van der Waals surface area contributed by atoms with Crippen LogP contribution in [-0.4, -0.2) is 17.1 Å². The van der Waals surface area contributed by atoms with Gasteiger partial charge in [-0.3, -0.25) is 0 Å². The maximum absolute atomic E-state index is 11.2. The summed E-state index contributed by atoms with van der Waals surface area (Å²) in [7, 11) is 0. The summed E-state index contributed by atoms with van der Waals surface area (Å²) in [5.41, 5.74) is 1.29. The first-order chi connectivity index (χ1) is 9.08. The van der Waals surface area contributed by atoms with Gasteiger partial charge in [0.05, 0.1) is 5.56 Å². The van der Waals surface area contributed by atoms with Crippen LogP contribution in [0, 0.1) is 5.92 Å². The highest BCUT2D eigenvalue weighted by Crippen LogP contribution is 2.26. The number of carboxylic acids is 1. The van der Waals surface area contributed by atoms with Crippen molar-refractivity contribution in [2.45, 2.75) is 51.6 Å². The molecule has 0 aromatic heterocycles. The van der Waals surface area contributed by atoms with Gasteiger partial charge in [0.1, 0.15) is 0 Å². The molecule has 1 aliphatic rings. The Morgan fingerprint density at radius 3 is 2.53 bits per heavy atom. The molecule has 0 aliphatic heterocycles. The fourth-order valence-electron chi connectivity index (χ4n) is 2.94. The van der Waals surface area contributed by atoms with Crippen molar-refractivity contribution in [2.24, 2.45) is 5.92 Å². The first-order valence-electron chi connectivity index (χ1n) is 7.16. The van der Waals surface area contributed by atoms with Crippen molar-refractivity contribution in [2.75, 3.05) is 0 Å². The van der Waals surface area contributed by atoms with Gasteiger partial charge in [0, 0.05) is 12.1 Å². The number of carboxylic acid groups (broad SMARTS) is 1. The molecule has 0 amide bonds. The van der Waals surface area contributed by atoms with Crippen LogP contribution in [0.1, 0.15) is 61.5 Å². The molecule has 1 atom stereocenters. The summed E-state index contributed by atoms with van der Waals surface area (Å²) in [5.74, 6) is -0.0128. The monoisotopic (exact) mass is 261 g/mol. The molecule has 3 heteroatoms. The molecule has 1 aromatic rings. The van der Waals surface area contributed by atoms with E-state index >= 15 is 0 Å². The van der Waals surface area contributed by atoms with Gasteiger partial charge >= 0.3 is 5.97 Å². The standard InChI is InChI=1S/C16H23NO2/c1-11-7-9-13(10-8-11)17-12(2)14-5-3-4-6-15(14)16(18)19/h3-6,11-13,17H,7-10H2,1-2H3,(H,18,19). The van der Waals surface area contributed by atoms with E-state index in [2.05, 4.69) is 19.2 Å². The summed E-state index contributed by atoms with van der Waals surface area (Å²) in [4.78, 5) is 11.2. The molecule has 2 rings (SSSR count). The van der Waals surface area contributed by atoms with Crippen molar-refractivity contribution < 1.29 is 9.90 Å². The largest absolute Gasteiger partial charge is 0.478 e. The molecule has 0 spiro atoms. The minimum atomic E-state index is -0.846. The first kappa shape index (κ1) is 14.1. The van der Waals surface area contributed by atoms with Gasteiger partial charge in [0.15, 0.2) is 0 Å². The third kappa shape index (κ3) is 3.57. The van der Waals surface area contributed by atoms with E-state index in [-0.39, 0.29) is 6.04 Å². The Labute approximate surface area is 115 Å². The van der Waals surface area contributed by atoms with Crippen LogP contribution in [-0.2, 0) is 0 Å². The Hall–Kier alpha value is -1.35. The summed E-state index contributed by atoms with van der Waals surface area (Å²) in [6.07, 6.45) is 4.93. The number of hydrogen-bond donors (Lipinski definition) is 2. The molecule has 1 aromatic carbocycles. The summed E-state index contributed by atoms with van der Waals surface area (Å²) in [5, 5.41) is 12.8. The van der Waals surface area contributed by atoms with Crippen LogP contribution in [0.4, 0.5) is 0 Å². The number of benzene rings is 1. The third-order valence-corrected chi connectivity index (χ3v) is 4.16. The van der Waals surface area contributed by atoms with E-state index in [0.29, 0.717) is 11.6 Å². The van der Waals surface area contributed by atoms with Crippen molar-refractivity contribution in [1.29, 1.82) is 0 Å². The van der Waals surface area contributed by atoms with Gasteiger partial charge in [-0.05, 0) is 50.2 Å². The molecule has 19 heavy (non-hydrogen) atoms. The maximum atomic E-state index is 11.2. The molecule has 1 saturated carbocycles. The number of rotatable bonds is 4. The number of aromatic carboxylic acids is 1. The molecule has 1 aliphatic carbocycles.